The first-order valence-electron chi connectivity index (χ1n) is 7.13. The molecule has 0 aromatic heterocycles. The molecule has 1 amide bonds. The fourth-order valence-electron chi connectivity index (χ4n) is 2.55. The molecule has 3 rings (SSSR count). The molecule has 0 radical (unpaired) electrons. The fourth-order valence-corrected chi connectivity index (χ4v) is 4.05. The summed E-state index contributed by atoms with van der Waals surface area (Å²) < 4.78 is 52.8. The Bertz CT molecular complexity index is 696. The van der Waals surface area contributed by atoms with Crippen LogP contribution >= 0.6 is 0 Å². The minimum Gasteiger partial charge on any atom is -0.340 e. The molecule has 1 saturated heterocycles. The van der Waals surface area contributed by atoms with Gasteiger partial charge in [0.25, 0.3) is 0 Å². The molecule has 0 N–H and O–H groups in total. The van der Waals surface area contributed by atoms with E-state index in [4.69, 9.17) is 0 Å². The van der Waals surface area contributed by atoms with Crippen LogP contribution in [0.5, 0.6) is 0 Å². The SMILES string of the molecule is O=C(C1CC1)N1CCN(S(=O)(=O)c2cc(F)ccc2F)CC1. The lowest BCUT2D eigenvalue weighted by Crippen LogP contribution is -2.51. The van der Waals surface area contributed by atoms with Gasteiger partial charge in [0.2, 0.25) is 15.9 Å². The van der Waals surface area contributed by atoms with Crippen LogP contribution in [-0.2, 0) is 14.8 Å². The molecular weight excluding hydrogens is 314 g/mol. The van der Waals surface area contributed by atoms with Crippen molar-refractivity contribution in [2.75, 3.05) is 26.2 Å². The van der Waals surface area contributed by atoms with Crippen LogP contribution in [0.4, 0.5) is 8.78 Å². The summed E-state index contributed by atoms with van der Waals surface area (Å²) in [5, 5.41) is 0. The molecular formula is C14H16F2N2O3S. The van der Waals surface area contributed by atoms with Crippen LogP contribution in [0, 0.1) is 17.6 Å². The number of carbonyl (C=O) groups is 1. The van der Waals surface area contributed by atoms with E-state index in [1.807, 2.05) is 0 Å². The summed E-state index contributed by atoms with van der Waals surface area (Å²) in [6, 6.07) is 2.36. The van der Waals surface area contributed by atoms with Crippen molar-refractivity contribution in [2.45, 2.75) is 17.7 Å². The van der Waals surface area contributed by atoms with E-state index in [2.05, 4.69) is 0 Å². The Balaban J connectivity index is 1.74. The first-order valence-corrected chi connectivity index (χ1v) is 8.57. The summed E-state index contributed by atoms with van der Waals surface area (Å²) in [4.78, 5) is 12.9. The van der Waals surface area contributed by atoms with Gasteiger partial charge in [0.05, 0.1) is 0 Å². The quantitative estimate of drug-likeness (QED) is 0.837. The summed E-state index contributed by atoms with van der Waals surface area (Å²) in [6.07, 6.45) is 1.79. The molecule has 0 unspecified atom stereocenters. The van der Waals surface area contributed by atoms with E-state index in [0.29, 0.717) is 6.07 Å². The van der Waals surface area contributed by atoms with Gasteiger partial charge in [-0.25, -0.2) is 17.2 Å². The zero-order valence-electron chi connectivity index (χ0n) is 11.8. The normalized spacial score (nSPS) is 20.2. The molecule has 2 fully saturated rings. The number of sulfonamides is 1. The molecule has 0 spiro atoms. The van der Waals surface area contributed by atoms with Gasteiger partial charge in [0, 0.05) is 32.1 Å². The van der Waals surface area contributed by atoms with Crippen molar-refractivity contribution >= 4 is 15.9 Å². The molecule has 120 valence electrons. The maximum Gasteiger partial charge on any atom is 0.246 e. The lowest BCUT2D eigenvalue weighted by molar-refractivity contribution is -0.133. The topological polar surface area (TPSA) is 57.7 Å². The molecule has 5 nitrogen and oxygen atoms in total. The Morgan fingerprint density at radius 1 is 1.09 bits per heavy atom. The predicted octanol–water partition coefficient (Wildman–Crippen LogP) is 1.21. The molecule has 1 heterocycles. The molecule has 1 aromatic rings. The van der Waals surface area contributed by atoms with Crippen LogP contribution < -0.4 is 0 Å². The Morgan fingerprint density at radius 2 is 1.73 bits per heavy atom. The van der Waals surface area contributed by atoms with Gasteiger partial charge in [0.1, 0.15) is 16.5 Å². The second-order valence-electron chi connectivity index (χ2n) is 5.58. The zero-order valence-corrected chi connectivity index (χ0v) is 12.7. The van der Waals surface area contributed by atoms with E-state index in [1.54, 1.807) is 4.90 Å². The van der Waals surface area contributed by atoms with E-state index in [1.165, 1.54) is 0 Å². The smallest absolute Gasteiger partial charge is 0.246 e. The number of amides is 1. The first kappa shape index (κ1) is 15.4. The van der Waals surface area contributed by atoms with Crippen LogP contribution in [-0.4, -0.2) is 49.7 Å². The molecule has 8 heteroatoms. The molecule has 2 aliphatic rings. The van der Waals surface area contributed by atoms with Gasteiger partial charge in [-0.05, 0) is 31.0 Å². The van der Waals surface area contributed by atoms with Crippen LogP contribution in [0.2, 0.25) is 0 Å². The molecule has 1 aliphatic heterocycles. The Hall–Kier alpha value is -1.54. The molecule has 1 aliphatic carbocycles. The number of carbonyl (C=O) groups excluding carboxylic acids is 1. The van der Waals surface area contributed by atoms with Gasteiger partial charge in [-0.3, -0.25) is 4.79 Å². The predicted molar refractivity (Wildman–Crippen MR) is 74.4 cm³/mol. The van der Waals surface area contributed by atoms with Crippen molar-refractivity contribution in [3.63, 3.8) is 0 Å². The number of benzene rings is 1. The highest BCUT2D eigenvalue weighted by Gasteiger charge is 2.37. The number of hydrogen-bond acceptors (Lipinski definition) is 3. The lowest BCUT2D eigenvalue weighted by atomic mass is 10.3. The highest BCUT2D eigenvalue weighted by Crippen LogP contribution is 2.31. The summed E-state index contributed by atoms with van der Waals surface area (Å²) in [6.45, 7) is 0.754. The van der Waals surface area contributed by atoms with Crippen LogP contribution in [0.3, 0.4) is 0 Å². The largest absolute Gasteiger partial charge is 0.340 e. The van der Waals surface area contributed by atoms with Crippen molar-refractivity contribution in [1.82, 2.24) is 9.21 Å². The van der Waals surface area contributed by atoms with E-state index >= 15 is 0 Å². The summed E-state index contributed by atoms with van der Waals surface area (Å²) in [5.41, 5.74) is 0. The lowest BCUT2D eigenvalue weighted by Gasteiger charge is -2.34. The van der Waals surface area contributed by atoms with Gasteiger partial charge in [-0.1, -0.05) is 0 Å². The van der Waals surface area contributed by atoms with Crippen molar-refractivity contribution in [1.29, 1.82) is 0 Å². The Kier molecular flexibility index (Phi) is 3.90. The van der Waals surface area contributed by atoms with Crippen molar-refractivity contribution in [3.05, 3.63) is 29.8 Å². The standard InChI is InChI=1S/C14H16F2N2O3S/c15-11-3-4-12(16)13(9-11)22(20,21)18-7-5-17(6-8-18)14(19)10-1-2-10/h3-4,9-10H,1-2,5-8H2. The van der Waals surface area contributed by atoms with E-state index in [-0.39, 0.29) is 38.0 Å². The van der Waals surface area contributed by atoms with E-state index < -0.39 is 26.6 Å². The second-order valence-corrected chi connectivity index (χ2v) is 7.48. The zero-order chi connectivity index (χ0) is 15.9. The van der Waals surface area contributed by atoms with Crippen LogP contribution in [0.1, 0.15) is 12.8 Å². The van der Waals surface area contributed by atoms with Crippen LogP contribution in [0.25, 0.3) is 0 Å². The third kappa shape index (κ3) is 2.85. The molecule has 0 bridgehead atoms. The van der Waals surface area contributed by atoms with Crippen LogP contribution in [0.15, 0.2) is 23.1 Å². The summed E-state index contributed by atoms with van der Waals surface area (Å²) in [7, 11) is -4.09. The number of piperazine rings is 1. The minimum atomic E-state index is -4.09. The summed E-state index contributed by atoms with van der Waals surface area (Å²) in [5.74, 6) is -1.63. The monoisotopic (exact) mass is 330 g/mol. The van der Waals surface area contributed by atoms with Crippen molar-refractivity contribution < 1.29 is 22.0 Å². The third-order valence-corrected chi connectivity index (χ3v) is 5.90. The van der Waals surface area contributed by atoms with E-state index in [0.717, 1.165) is 29.3 Å². The van der Waals surface area contributed by atoms with Gasteiger partial charge >= 0.3 is 0 Å². The highest BCUT2D eigenvalue weighted by atomic mass is 32.2. The Morgan fingerprint density at radius 3 is 2.32 bits per heavy atom. The van der Waals surface area contributed by atoms with Crippen molar-refractivity contribution in [3.8, 4) is 0 Å². The number of nitrogens with zero attached hydrogens (tertiary/aromatic N) is 2. The number of hydrogen-bond donors (Lipinski definition) is 0. The number of halogens is 2. The van der Waals surface area contributed by atoms with Gasteiger partial charge in [0.15, 0.2) is 0 Å². The maximum atomic E-state index is 13.7. The molecule has 22 heavy (non-hydrogen) atoms. The van der Waals surface area contributed by atoms with Crippen molar-refractivity contribution in [2.24, 2.45) is 5.92 Å². The number of rotatable bonds is 3. The van der Waals surface area contributed by atoms with Gasteiger partial charge in [-0.2, -0.15) is 4.31 Å². The van der Waals surface area contributed by atoms with Gasteiger partial charge < -0.3 is 4.90 Å². The highest BCUT2D eigenvalue weighted by molar-refractivity contribution is 7.89. The second kappa shape index (κ2) is 5.58. The molecule has 0 atom stereocenters. The molecule has 1 saturated carbocycles. The fraction of sp³-hybridized carbons (Fsp3) is 0.500. The average Bonchev–Trinajstić information content (AvgIpc) is 3.34. The summed E-state index contributed by atoms with van der Waals surface area (Å²) >= 11 is 0. The van der Waals surface area contributed by atoms with Gasteiger partial charge in [-0.15, -0.1) is 0 Å². The first-order chi connectivity index (χ1) is 10.4. The third-order valence-electron chi connectivity index (χ3n) is 3.99. The Labute approximate surface area is 127 Å². The minimum absolute atomic E-state index is 0.0639. The maximum absolute atomic E-state index is 13.7. The average molecular weight is 330 g/mol. The van der Waals surface area contributed by atoms with E-state index in [9.17, 15) is 22.0 Å². The molecule has 1 aromatic carbocycles.